The normalized spacial score (nSPS) is 7.64. The predicted molar refractivity (Wildman–Crippen MR) is 60.1 cm³/mol. The molecule has 0 bridgehead atoms. The number of hydrogen-bond donors (Lipinski definition) is 0. The van der Waals surface area contributed by atoms with Gasteiger partial charge in [0.2, 0.25) is 0 Å². The highest BCUT2D eigenvalue weighted by Gasteiger charge is 1.87. The van der Waals surface area contributed by atoms with Crippen LogP contribution in [0, 0.1) is 11.8 Å². The molecule has 0 amide bonds. The largest absolute Gasteiger partial charge is 0.304 e. The number of benzene rings is 1. The summed E-state index contributed by atoms with van der Waals surface area (Å²) < 4.78 is 0. The monoisotopic (exact) mass is 188 g/mol. The van der Waals surface area contributed by atoms with E-state index in [4.69, 9.17) is 4.79 Å². The number of carbonyl (C=O) groups is 1. The molecule has 0 saturated heterocycles. The highest BCUT2D eigenvalue weighted by Crippen LogP contribution is 2.03. The fourth-order valence-electron chi connectivity index (χ4n) is 0.968. The number of hydrogen-bond acceptors (Lipinski definition) is 1. The molecule has 0 fully saturated rings. The van der Waals surface area contributed by atoms with Crippen LogP contribution in [0.1, 0.15) is 31.9 Å². The topological polar surface area (TPSA) is 17.1 Å². The van der Waals surface area contributed by atoms with Crippen LogP contribution in [-0.4, -0.2) is 6.29 Å². The molecule has 0 aliphatic carbocycles. The zero-order valence-electron chi connectivity index (χ0n) is 9.00. The molecule has 0 heterocycles. The molecule has 14 heavy (non-hydrogen) atoms. The molecule has 0 aliphatic heterocycles. The summed E-state index contributed by atoms with van der Waals surface area (Å²) in [6, 6.07) is 8.38. The van der Waals surface area contributed by atoms with Crippen molar-refractivity contribution in [3.63, 3.8) is 0 Å². The lowest BCUT2D eigenvalue weighted by molar-refractivity contribution is -0.106. The van der Waals surface area contributed by atoms with Gasteiger partial charge in [-0.05, 0) is 38.0 Å². The minimum Gasteiger partial charge on any atom is -0.304 e. The molecule has 0 unspecified atom stereocenters. The average Bonchev–Trinajstić information content (AvgIpc) is 2.21. The van der Waals surface area contributed by atoms with Crippen LogP contribution in [0.25, 0.3) is 0 Å². The van der Waals surface area contributed by atoms with Gasteiger partial charge in [0.1, 0.15) is 6.29 Å². The van der Waals surface area contributed by atoms with Crippen LogP contribution in [-0.2, 0) is 11.2 Å². The van der Waals surface area contributed by atoms with E-state index < -0.39 is 0 Å². The van der Waals surface area contributed by atoms with Crippen molar-refractivity contribution in [1.29, 1.82) is 0 Å². The molecule has 1 aromatic carbocycles. The van der Waals surface area contributed by atoms with E-state index in [1.54, 1.807) is 0 Å². The second-order valence-electron chi connectivity index (χ2n) is 2.66. The Balaban J connectivity index is 0.000000500. The predicted octanol–water partition coefficient (Wildman–Crippen LogP) is 2.83. The quantitative estimate of drug-likeness (QED) is 0.489. The molecule has 0 aliphatic rings. The molecule has 1 heteroatoms. The van der Waals surface area contributed by atoms with Gasteiger partial charge in [-0.3, -0.25) is 0 Å². The summed E-state index contributed by atoms with van der Waals surface area (Å²) in [6.45, 7) is 5.45. The van der Waals surface area contributed by atoms with Gasteiger partial charge < -0.3 is 4.79 Å². The van der Waals surface area contributed by atoms with E-state index in [9.17, 15) is 0 Å². The molecule has 74 valence electrons. The van der Waals surface area contributed by atoms with Crippen LogP contribution in [0.4, 0.5) is 0 Å². The molecule has 0 radical (unpaired) electrons. The van der Waals surface area contributed by atoms with E-state index >= 15 is 0 Å². The van der Waals surface area contributed by atoms with E-state index in [0.717, 1.165) is 18.3 Å². The highest BCUT2D eigenvalue weighted by molar-refractivity contribution is 5.44. The van der Waals surface area contributed by atoms with Crippen LogP contribution < -0.4 is 0 Å². The van der Waals surface area contributed by atoms with E-state index in [1.165, 1.54) is 12.5 Å². The lowest BCUT2D eigenvalue weighted by Crippen LogP contribution is -1.79. The molecule has 0 aromatic heterocycles. The standard InChI is InChI=1S/C11H12.C2H4O/c1-3-5-11-8-6-10(4-2)7-9-11;1-2-3/h6-9H,4H2,1-2H3;2H,1H3. The summed E-state index contributed by atoms with van der Waals surface area (Å²) in [5.74, 6) is 5.88. The summed E-state index contributed by atoms with van der Waals surface area (Å²) in [5.41, 5.74) is 2.47. The summed E-state index contributed by atoms with van der Waals surface area (Å²) in [4.78, 5) is 8.81. The van der Waals surface area contributed by atoms with Gasteiger partial charge in [-0.25, -0.2) is 0 Å². The van der Waals surface area contributed by atoms with Crippen LogP contribution in [0.3, 0.4) is 0 Å². The summed E-state index contributed by atoms with van der Waals surface area (Å²) in [6.07, 6.45) is 1.85. The Hall–Kier alpha value is -1.55. The maximum absolute atomic E-state index is 8.81. The van der Waals surface area contributed by atoms with Crippen LogP contribution >= 0.6 is 0 Å². The molecular weight excluding hydrogens is 172 g/mol. The third kappa shape index (κ3) is 5.16. The van der Waals surface area contributed by atoms with Crippen molar-refractivity contribution in [3.8, 4) is 11.8 Å². The Morgan fingerprint density at radius 1 is 1.29 bits per heavy atom. The third-order valence-corrected chi connectivity index (χ3v) is 1.63. The minimum atomic E-state index is 0.750. The van der Waals surface area contributed by atoms with Gasteiger partial charge >= 0.3 is 0 Å². The second kappa shape index (κ2) is 8.07. The Morgan fingerprint density at radius 3 is 2.14 bits per heavy atom. The molecule has 0 N–H and O–H groups in total. The molecule has 1 aromatic rings. The van der Waals surface area contributed by atoms with Crippen molar-refractivity contribution in [1.82, 2.24) is 0 Å². The van der Waals surface area contributed by atoms with Gasteiger partial charge in [0.05, 0.1) is 0 Å². The lowest BCUT2D eigenvalue weighted by Gasteiger charge is -1.94. The van der Waals surface area contributed by atoms with E-state index in [2.05, 4.69) is 43.0 Å². The minimum absolute atomic E-state index is 0.750. The first-order valence-corrected chi connectivity index (χ1v) is 4.70. The van der Waals surface area contributed by atoms with E-state index in [-0.39, 0.29) is 0 Å². The summed E-state index contributed by atoms with van der Waals surface area (Å²) in [5, 5.41) is 0. The Morgan fingerprint density at radius 2 is 1.79 bits per heavy atom. The number of aryl methyl sites for hydroxylation is 1. The van der Waals surface area contributed by atoms with Gasteiger partial charge in [-0.1, -0.05) is 25.0 Å². The Labute approximate surface area is 86.2 Å². The third-order valence-electron chi connectivity index (χ3n) is 1.63. The summed E-state index contributed by atoms with van der Waals surface area (Å²) in [7, 11) is 0. The van der Waals surface area contributed by atoms with Crippen LogP contribution in [0.2, 0.25) is 0 Å². The van der Waals surface area contributed by atoms with Crippen molar-refractivity contribution in [2.45, 2.75) is 27.2 Å². The fraction of sp³-hybridized carbons (Fsp3) is 0.308. The molecular formula is C13H16O. The number of rotatable bonds is 1. The molecule has 0 saturated carbocycles. The molecule has 1 rings (SSSR count). The summed E-state index contributed by atoms with van der Waals surface area (Å²) >= 11 is 0. The molecule has 0 atom stereocenters. The Bertz CT molecular complexity index is 311. The van der Waals surface area contributed by atoms with Crippen molar-refractivity contribution < 1.29 is 4.79 Å². The van der Waals surface area contributed by atoms with E-state index in [1.807, 2.05) is 6.92 Å². The van der Waals surface area contributed by atoms with Gasteiger partial charge in [-0.2, -0.15) is 0 Å². The van der Waals surface area contributed by atoms with Gasteiger partial charge in [0.25, 0.3) is 0 Å². The number of aldehydes is 1. The first kappa shape index (κ1) is 12.4. The van der Waals surface area contributed by atoms with Gasteiger partial charge in [-0.15, -0.1) is 5.92 Å². The van der Waals surface area contributed by atoms with Crippen molar-refractivity contribution in [3.05, 3.63) is 35.4 Å². The average molecular weight is 188 g/mol. The first-order valence-electron chi connectivity index (χ1n) is 4.70. The maximum atomic E-state index is 8.81. The van der Waals surface area contributed by atoms with Crippen LogP contribution in [0.5, 0.6) is 0 Å². The zero-order chi connectivity index (χ0) is 10.8. The van der Waals surface area contributed by atoms with Crippen molar-refractivity contribution in [2.24, 2.45) is 0 Å². The SMILES string of the molecule is CC#Cc1ccc(CC)cc1.CC=O. The van der Waals surface area contributed by atoms with Crippen molar-refractivity contribution in [2.75, 3.05) is 0 Å². The van der Waals surface area contributed by atoms with Crippen LogP contribution in [0.15, 0.2) is 24.3 Å². The highest BCUT2D eigenvalue weighted by atomic mass is 16.1. The first-order chi connectivity index (χ1) is 6.78. The molecule has 1 nitrogen and oxygen atoms in total. The van der Waals surface area contributed by atoms with Gasteiger partial charge in [0.15, 0.2) is 0 Å². The van der Waals surface area contributed by atoms with Crippen molar-refractivity contribution >= 4 is 6.29 Å². The zero-order valence-corrected chi connectivity index (χ0v) is 9.00. The lowest BCUT2D eigenvalue weighted by atomic mass is 10.1. The Kier molecular flexibility index (Phi) is 7.17. The number of carbonyl (C=O) groups excluding carboxylic acids is 1. The molecule has 0 spiro atoms. The van der Waals surface area contributed by atoms with Gasteiger partial charge in [0, 0.05) is 5.56 Å². The fourth-order valence-corrected chi connectivity index (χ4v) is 0.968. The second-order valence-corrected chi connectivity index (χ2v) is 2.66. The van der Waals surface area contributed by atoms with E-state index in [0.29, 0.717) is 0 Å². The smallest absolute Gasteiger partial charge is 0.116 e. The maximum Gasteiger partial charge on any atom is 0.116 e.